The highest BCUT2D eigenvalue weighted by atomic mass is 16.5. The van der Waals surface area contributed by atoms with Gasteiger partial charge in [-0.05, 0) is 45.7 Å². The predicted octanol–water partition coefficient (Wildman–Crippen LogP) is 2.06. The number of nitrogens with zero attached hydrogens (tertiary/aromatic N) is 4. The Labute approximate surface area is 192 Å². The van der Waals surface area contributed by atoms with Gasteiger partial charge in [-0.3, -0.25) is 9.69 Å². The second-order valence-corrected chi connectivity index (χ2v) is 8.53. The molecule has 2 unspecified atom stereocenters. The largest absolute Gasteiger partial charge is 0.497 e. The Morgan fingerprint density at radius 1 is 1.06 bits per heavy atom. The van der Waals surface area contributed by atoms with Crippen molar-refractivity contribution in [1.82, 2.24) is 20.0 Å². The van der Waals surface area contributed by atoms with Gasteiger partial charge in [0.2, 0.25) is 5.91 Å². The molecular weight excluding hydrogens is 406 g/mol. The van der Waals surface area contributed by atoms with Gasteiger partial charge in [0.15, 0.2) is 5.96 Å². The van der Waals surface area contributed by atoms with E-state index in [1.165, 1.54) is 0 Å². The first kappa shape index (κ1) is 24.2. The average molecular weight is 446 g/mol. The molecule has 0 bridgehead atoms. The van der Waals surface area contributed by atoms with Crippen LogP contribution in [0.2, 0.25) is 0 Å². The zero-order valence-corrected chi connectivity index (χ0v) is 20.0. The Morgan fingerprint density at radius 3 is 2.41 bits per heavy atom. The van der Waals surface area contributed by atoms with Gasteiger partial charge in [-0.15, -0.1) is 0 Å². The van der Waals surface area contributed by atoms with Crippen LogP contribution in [0.15, 0.2) is 29.3 Å². The average Bonchev–Trinajstić information content (AvgIpc) is 3.36. The van der Waals surface area contributed by atoms with Crippen LogP contribution in [0, 0.1) is 0 Å². The number of guanidine groups is 1. The van der Waals surface area contributed by atoms with Crippen LogP contribution in [-0.4, -0.2) is 98.2 Å². The highest BCUT2D eigenvalue weighted by Gasteiger charge is 2.30. The topological polar surface area (TPSA) is 69.6 Å². The van der Waals surface area contributed by atoms with E-state index in [0.29, 0.717) is 6.54 Å². The highest BCUT2D eigenvalue weighted by Crippen LogP contribution is 2.20. The highest BCUT2D eigenvalue weighted by molar-refractivity contribution is 5.82. The molecule has 2 atom stereocenters. The number of carbonyl (C=O) groups is 1. The molecule has 1 aromatic carbocycles. The third-order valence-electron chi connectivity index (χ3n) is 6.15. The summed E-state index contributed by atoms with van der Waals surface area (Å²) in [5.74, 6) is 2.75. The molecule has 0 spiro atoms. The number of amides is 1. The van der Waals surface area contributed by atoms with E-state index in [1.807, 2.05) is 43.0 Å². The quantitative estimate of drug-likeness (QED) is 0.488. The standard InChI is InChI=1S/C24H39N5O3/c1-5-25-24(26-18-19(2)32-22-10-8-9-21(17-22)31-4)29-15-13-27(14-16-29)20(3)23(30)28-11-6-7-12-28/h8-10,17,19-20H,5-7,11-16,18H2,1-4H3,(H,25,26). The fourth-order valence-electron chi connectivity index (χ4n) is 4.26. The Bertz CT molecular complexity index is 758. The number of methoxy groups -OCH3 is 1. The molecule has 1 aromatic rings. The summed E-state index contributed by atoms with van der Waals surface area (Å²) in [6, 6.07) is 7.58. The molecule has 0 radical (unpaired) electrons. The van der Waals surface area contributed by atoms with Crippen molar-refractivity contribution in [3.8, 4) is 11.5 Å². The lowest BCUT2D eigenvalue weighted by molar-refractivity contribution is -0.135. The van der Waals surface area contributed by atoms with E-state index in [4.69, 9.17) is 14.5 Å². The van der Waals surface area contributed by atoms with Crippen LogP contribution in [-0.2, 0) is 4.79 Å². The maximum Gasteiger partial charge on any atom is 0.239 e. The van der Waals surface area contributed by atoms with E-state index in [-0.39, 0.29) is 18.1 Å². The fraction of sp³-hybridized carbons (Fsp3) is 0.667. The van der Waals surface area contributed by atoms with Gasteiger partial charge >= 0.3 is 0 Å². The second kappa shape index (κ2) is 11.9. The first-order valence-electron chi connectivity index (χ1n) is 11.9. The molecule has 2 aliphatic heterocycles. The first-order valence-corrected chi connectivity index (χ1v) is 11.9. The summed E-state index contributed by atoms with van der Waals surface area (Å²) in [6.45, 7) is 12.8. The number of benzene rings is 1. The first-order chi connectivity index (χ1) is 15.5. The van der Waals surface area contributed by atoms with Gasteiger partial charge in [-0.2, -0.15) is 0 Å². The minimum absolute atomic E-state index is 0.0499. The maximum atomic E-state index is 12.7. The predicted molar refractivity (Wildman–Crippen MR) is 127 cm³/mol. The molecule has 32 heavy (non-hydrogen) atoms. The van der Waals surface area contributed by atoms with Crippen LogP contribution < -0.4 is 14.8 Å². The summed E-state index contributed by atoms with van der Waals surface area (Å²) in [4.78, 5) is 24.2. The summed E-state index contributed by atoms with van der Waals surface area (Å²) in [7, 11) is 1.65. The Morgan fingerprint density at radius 2 is 1.75 bits per heavy atom. The molecule has 0 saturated carbocycles. The van der Waals surface area contributed by atoms with Crippen molar-refractivity contribution in [3.05, 3.63) is 24.3 Å². The van der Waals surface area contributed by atoms with Crippen LogP contribution in [0.25, 0.3) is 0 Å². The van der Waals surface area contributed by atoms with Crippen LogP contribution in [0.4, 0.5) is 0 Å². The second-order valence-electron chi connectivity index (χ2n) is 8.53. The molecule has 1 amide bonds. The van der Waals surface area contributed by atoms with Crippen molar-refractivity contribution in [2.75, 3.05) is 59.5 Å². The van der Waals surface area contributed by atoms with Gasteiger partial charge in [-0.25, -0.2) is 4.99 Å². The number of likely N-dealkylation sites (tertiary alicyclic amines) is 1. The molecule has 178 valence electrons. The van der Waals surface area contributed by atoms with Crippen LogP contribution in [0.3, 0.4) is 0 Å². The summed E-state index contributed by atoms with van der Waals surface area (Å²) >= 11 is 0. The minimum atomic E-state index is -0.0600. The van der Waals surface area contributed by atoms with E-state index in [1.54, 1.807) is 7.11 Å². The summed E-state index contributed by atoms with van der Waals surface area (Å²) in [5.41, 5.74) is 0. The monoisotopic (exact) mass is 445 g/mol. The Kier molecular flexibility index (Phi) is 9.02. The van der Waals surface area contributed by atoms with E-state index in [0.717, 1.165) is 76.1 Å². The number of hydrogen-bond donors (Lipinski definition) is 1. The molecule has 2 aliphatic rings. The number of nitrogens with one attached hydrogen (secondary N) is 1. The van der Waals surface area contributed by atoms with Crippen molar-refractivity contribution in [2.24, 2.45) is 4.99 Å². The molecule has 1 N–H and O–H groups in total. The van der Waals surface area contributed by atoms with Gasteiger partial charge < -0.3 is 24.6 Å². The molecule has 3 rings (SSSR count). The lowest BCUT2D eigenvalue weighted by atomic mass is 10.2. The third kappa shape index (κ3) is 6.51. The SMILES string of the molecule is CCNC(=NCC(C)Oc1cccc(OC)c1)N1CCN(C(C)C(=O)N2CCCC2)CC1. The molecule has 2 fully saturated rings. The Hall–Kier alpha value is -2.48. The molecule has 2 heterocycles. The van der Waals surface area contributed by atoms with Gasteiger partial charge in [0.1, 0.15) is 17.6 Å². The normalized spacial score (nSPS) is 19.6. The molecular formula is C24H39N5O3. The zero-order chi connectivity index (χ0) is 22.9. The number of carbonyl (C=O) groups excluding carboxylic acids is 1. The molecule has 8 nitrogen and oxygen atoms in total. The number of ether oxygens (including phenoxy) is 2. The van der Waals surface area contributed by atoms with Crippen molar-refractivity contribution in [2.45, 2.75) is 45.8 Å². The lowest BCUT2D eigenvalue weighted by Crippen LogP contribution is -2.57. The Balaban J connectivity index is 1.51. The number of piperazine rings is 1. The van der Waals surface area contributed by atoms with E-state index < -0.39 is 0 Å². The fourth-order valence-corrected chi connectivity index (χ4v) is 4.26. The van der Waals surface area contributed by atoms with Crippen molar-refractivity contribution >= 4 is 11.9 Å². The van der Waals surface area contributed by atoms with Crippen molar-refractivity contribution < 1.29 is 14.3 Å². The van der Waals surface area contributed by atoms with E-state index in [9.17, 15) is 4.79 Å². The van der Waals surface area contributed by atoms with E-state index in [2.05, 4.69) is 22.0 Å². The smallest absolute Gasteiger partial charge is 0.239 e. The number of rotatable bonds is 8. The summed E-state index contributed by atoms with van der Waals surface area (Å²) < 4.78 is 11.3. The van der Waals surface area contributed by atoms with Gasteiger partial charge in [0.25, 0.3) is 0 Å². The lowest BCUT2D eigenvalue weighted by Gasteiger charge is -2.39. The van der Waals surface area contributed by atoms with Crippen molar-refractivity contribution in [1.29, 1.82) is 0 Å². The van der Waals surface area contributed by atoms with Crippen LogP contribution >= 0.6 is 0 Å². The maximum absolute atomic E-state index is 12.7. The number of aliphatic imine (C=N–C) groups is 1. The van der Waals surface area contributed by atoms with E-state index >= 15 is 0 Å². The van der Waals surface area contributed by atoms with Gasteiger partial charge in [0, 0.05) is 51.9 Å². The zero-order valence-electron chi connectivity index (χ0n) is 20.0. The summed E-state index contributed by atoms with van der Waals surface area (Å²) in [6.07, 6.45) is 2.21. The minimum Gasteiger partial charge on any atom is -0.497 e. The van der Waals surface area contributed by atoms with Crippen LogP contribution in [0.5, 0.6) is 11.5 Å². The van der Waals surface area contributed by atoms with Crippen LogP contribution in [0.1, 0.15) is 33.6 Å². The van der Waals surface area contributed by atoms with Crippen molar-refractivity contribution in [3.63, 3.8) is 0 Å². The molecule has 0 aromatic heterocycles. The summed E-state index contributed by atoms with van der Waals surface area (Å²) in [5, 5.41) is 3.41. The molecule has 0 aliphatic carbocycles. The molecule has 8 heteroatoms. The number of hydrogen-bond acceptors (Lipinski definition) is 5. The van der Waals surface area contributed by atoms with Gasteiger partial charge in [-0.1, -0.05) is 6.07 Å². The van der Waals surface area contributed by atoms with Gasteiger partial charge in [0.05, 0.1) is 19.7 Å². The molecule has 2 saturated heterocycles. The third-order valence-corrected chi connectivity index (χ3v) is 6.15.